The molecule has 3 aromatic heterocycles. The molecule has 1 aliphatic rings. The van der Waals surface area contributed by atoms with Crippen LogP contribution in [0.1, 0.15) is 24.6 Å². The largest absolute Gasteiger partial charge is 0.433 e. The number of nitrogens with zero attached hydrogens (tertiary/aromatic N) is 6. The Morgan fingerprint density at radius 3 is 2.58 bits per heavy atom. The number of nitrogen functional groups attached to an aromatic ring is 1. The van der Waals surface area contributed by atoms with Crippen LogP contribution < -0.4 is 10.5 Å². The van der Waals surface area contributed by atoms with Crippen molar-refractivity contribution in [1.29, 1.82) is 0 Å². The second kappa shape index (κ2) is 5.01. The van der Waals surface area contributed by atoms with Gasteiger partial charge in [-0.3, -0.25) is 0 Å². The van der Waals surface area contributed by atoms with Crippen molar-refractivity contribution in [1.82, 2.24) is 29.7 Å². The maximum Gasteiger partial charge on any atom is 0.433 e. The molecule has 0 aromatic carbocycles. The Balaban J connectivity index is 1.78. The molecule has 3 heterocycles. The summed E-state index contributed by atoms with van der Waals surface area (Å²) in [6, 6.07) is 0.873. The molecule has 0 atom stereocenters. The van der Waals surface area contributed by atoms with Crippen LogP contribution in [0.3, 0.4) is 0 Å². The van der Waals surface area contributed by atoms with E-state index in [0.717, 1.165) is 19.2 Å². The number of alkyl halides is 3. The van der Waals surface area contributed by atoms with E-state index in [0.29, 0.717) is 17.1 Å². The van der Waals surface area contributed by atoms with Crippen LogP contribution >= 0.6 is 0 Å². The zero-order valence-electron chi connectivity index (χ0n) is 12.0. The highest BCUT2D eigenvalue weighted by atomic mass is 19.4. The van der Waals surface area contributed by atoms with Crippen molar-refractivity contribution in [3.8, 4) is 11.8 Å². The van der Waals surface area contributed by atoms with Crippen LogP contribution in [0.2, 0.25) is 0 Å². The fourth-order valence-electron chi connectivity index (χ4n) is 2.26. The number of nitrogens with two attached hydrogens (primary N) is 1. The maximum atomic E-state index is 12.7. The van der Waals surface area contributed by atoms with E-state index in [9.17, 15) is 13.2 Å². The van der Waals surface area contributed by atoms with Crippen LogP contribution in [-0.4, -0.2) is 29.7 Å². The normalized spacial score (nSPS) is 15.0. The fourth-order valence-corrected chi connectivity index (χ4v) is 2.26. The first kappa shape index (κ1) is 14.6. The zero-order valence-corrected chi connectivity index (χ0v) is 12.0. The number of anilines is 1. The topological polar surface area (TPSA) is 105 Å². The summed E-state index contributed by atoms with van der Waals surface area (Å²) in [5.74, 6) is -0.142. The highest BCUT2D eigenvalue weighted by Gasteiger charge is 2.34. The molecule has 0 unspecified atom stereocenters. The van der Waals surface area contributed by atoms with E-state index < -0.39 is 11.9 Å². The second-order valence-electron chi connectivity index (χ2n) is 5.28. The maximum absolute atomic E-state index is 12.7. The third-order valence-electron chi connectivity index (χ3n) is 3.51. The lowest BCUT2D eigenvalue weighted by Crippen LogP contribution is -2.08. The van der Waals surface area contributed by atoms with E-state index in [-0.39, 0.29) is 23.6 Å². The van der Waals surface area contributed by atoms with Crippen LogP contribution in [0.4, 0.5) is 19.0 Å². The van der Waals surface area contributed by atoms with Crippen LogP contribution in [0.25, 0.3) is 11.0 Å². The smallest absolute Gasteiger partial charge is 0.418 e. The lowest BCUT2D eigenvalue weighted by molar-refractivity contribution is -0.141. The fraction of sp³-hybridized carbons (Fsp3) is 0.308. The predicted molar refractivity (Wildman–Crippen MR) is 75.1 cm³/mol. The minimum atomic E-state index is -4.60. The third-order valence-corrected chi connectivity index (χ3v) is 3.51. The summed E-state index contributed by atoms with van der Waals surface area (Å²) in [4.78, 5) is 14.9. The second-order valence-corrected chi connectivity index (χ2v) is 5.28. The Morgan fingerprint density at radius 1 is 1.12 bits per heavy atom. The van der Waals surface area contributed by atoms with Crippen LogP contribution in [0.15, 0.2) is 18.7 Å². The Bertz CT molecular complexity index is 920. The number of ether oxygens (including phenoxy) is 1. The lowest BCUT2D eigenvalue weighted by Gasteiger charge is -2.07. The molecule has 2 N–H and O–H groups in total. The zero-order chi connectivity index (χ0) is 16.9. The molecule has 0 bridgehead atoms. The summed E-state index contributed by atoms with van der Waals surface area (Å²) in [5, 5.41) is 4.61. The molecule has 24 heavy (non-hydrogen) atoms. The van der Waals surface area contributed by atoms with Gasteiger partial charge in [0.15, 0.2) is 11.3 Å². The van der Waals surface area contributed by atoms with Gasteiger partial charge in [0.2, 0.25) is 5.88 Å². The Morgan fingerprint density at radius 2 is 1.88 bits per heavy atom. The average molecular weight is 337 g/mol. The van der Waals surface area contributed by atoms with Gasteiger partial charge in [0, 0.05) is 6.07 Å². The molecule has 124 valence electrons. The van der Waals surface area contributed by atoms with Gasteiger partial charge in [-0.15, -0.1) is 5.10 Å². The quantitative estimate of drug-likeness (QED) is 0.782. The summed E-state index contributed by atoms with van der Waals surface area (Å²) in [6.07, 6.45) is -0.650. The molecule has 11 heteroatoms. The molecule has 8 nitrogen and oxygen atoms in total. The van der Waals surface area contributed by atoms with Gasteiger partial charge >= 0.3 is 6.18 Å². The number of aromatic nitrogens is 6. The summed E-state index contributed by atoms with van der Waals surface area (Å²) >= 11 is 0. The van der Waals surface area contributed by atoms with Gasteiger partial charge in [-0.05, 0) is 12.8 Å². The molecule has 0 saturated heterocycles. The van der Waals surface area contributed by atoms with Crippen molar-refractivity contribution in [3.63, 3.8) is 0 Å². The van der Waals surface area contributed by atoms with E-state index in [1.54, 1.807) is 4.68 Å². The summed E-state index contributed by atoms with van der Waals surface area (Å²) in [7, 11) is 0. The molecule has 0 radical (unpaired) electrons. The van der Waals surface area contributed by atoms with Crippen molar-refractivity contribution in [2.24, 2.45) is 0 Å². The SMILES string of the molecule is Nc1ncnc2c1c(Oc1cc(C(F)(F)F)ncn1)nn2C1CC1. The number of fused-ring (bicyclic) bond motifs is 1. The van der Waals surface area contributed by atoms with E-state index in [4.69, 9.17) is 10.5 Å². The summed E-state index contributed by atoms with van der Waals surface area (Å²) in [5.41, 5.74) is 5.21. The first-order valence-electron chi connectivity index (χ1n) is 6.99. The monoisotopic (exact) mass is 337 g/mol. The average Bonchev–Trinajstić information content (AvgIpc) is 3.30. The molecule has 0 amide bonds. The lowest BCUT2D eigenvalue weighted by atomic mass is 10.3. The van der Waals surface area contributed by atoms with Crippen molar-refractivity contribution in [2.45, 2.75) is 25.1 Å². The first-order chi connectivity index (χ1) is 11.4. The molecule has 3 aromatic rings. The van der Waals surface area contributed by atoms with Crippen LogP contribution in [-0.2, 0) is 6.18 Å². The minimum Gasteiger partial charge on any atom is -0.418 e. The van der Waals surface area contributed by atoms with E-state index in [1.165, 1.54) is 6.33 Å². The van der Waals surface area contributed by atoms with Crippen LogP contribution in [0, 0.1) is 0 Å². The van der Waals surface area contributed by atoms with Gasteiger partial charge < -0.3 is 10.5 Å². The van der Waals surface area contributed by atoms with Gasteiger partial charge in [0.25, 0.3) is 5.88 Å². The molecular weight excluding hydrogens is 327 g/mol. The van der Waals surface area contributed by atoms with Gasteiger partial charge in [-0.25, -0.2) is 24.6 Å². The van der Waals surface area contributed by atoms with Gasteiger partial charge in [-0.2, -0.15) is 13.2 Å². The molecule has 1 aliphatic carbocycles. The molecule has 0 spiro atoms. The highest BCUT2D eigenvalue weighted by Crippen LogP contribution is 2.40. The molecule has 1 saturated carbocycles. The molecular formula is C13H10F3N7O. The van der Waals surface area contributed by atoms with E-state index >= 15 is 0 Å². The summed E-state index contributed by atoms with van der Waals surface area (Å²) in [6.45, 7) is 0. The van der Waals surface area contributed by atoms with Gasteiger partial charge in [-0.1, -0.05) is 0 Å². The molecule has 1 fully saturated rings. The third kappa shape index (κ3) is 2.47. The Kier molecular flexibility index (Phi) is 3.05. The number of rotatable bonds is 3. The number of hydrogen-bond donors (Lipinski definition) is 1. The number of hydrogen-bond acceptors (Lipinski definition) is 7. The standard InChI is InChI=1S/C13H10F3N7O/c14-13(15,16)7-3-8(19-4-18-7)24-12-9-10(17)20-5-21-11(9)23(22-12)6-1-2-6/h3-6H,1-2H2,(H2,17,20,21). The Labute approximate surface area is 132 Å². The van der Waals surface area contributed by atoms with Crippen molar-refractivity contribution in [2.75, 3.05) is 5.73 Å². The Hall–Kier alpha value is -2.98. The van der Waals surface area contributed by atoms with E-state index in [1.807, 2.05) is 0 Å². The van der Waals surface area contributed by atoms with Gasteiger partial charge in [0.05, 0.1) is 6.04 Å². The summed E-state index contributed by atoms with van der Waals surface area (Å²) < 4.78 is 45.3. The first-order valence-corrected chi connectivity index (χ1v) is 6.99. The van der Waals surface area contributed by atoms with Crippen molar-refractivity contribution < 1.29 is 17.9 Å². The number of halogens is 3. The molecule has 0 aliphatic heterocycles. The van der Waals surface area contributed by atoms with Crippen molar-refractivity contribution >= 4 is 16.9 Å². The van der Waals surface area contributed by atoms with Crippen LogP contribution in [0.5, 0.6) is 11.8 Å². The van der Waals surface area contributed by atoms with E-state index in [2.05, 4.69) is 25.0 Å². The minimum absolute atomic E-state index is 0.0156. The highest BCUT2D eigenvalue weighted by molar-refractivity contribution is 5.90. The van der Waals surface area contributed by atoms with Gasteiger partial charge in [0.1, 0.15) is 23.9 Å². The predicted octanol–water partition coefficient (Wildman–Crippen LogP) is 2.34. The molecule has 4 rings (SSSR count). The van der Waals surface area contributed by atoms with Crippen molar-refractivity contribution in [3.05, 3.63) is 24.4 Å².